The number of fused-ring (bicyclic) bond motifs is 3. The molecule has 2 atom stereocenters. The fourth-order valence-corrected chi connectivity index (χ4v) is 3.82. The maximum absolute atomic E-state index is 12.3. The number of carbonyl (C=O) groups excluding carboxylic acids is 1. The maximum Gasteiger partial charge on any atom is 0.224 e. The third kappa shape index (κ3) is 4.47. The van der Waals surface area contributed by atoms with E-state index >= 15 is 0 Å². The molecule has 2 saturated heterocycles. The lowest BCUT2D eigenvalue weighted by atomic mass is 9.97. The second kappa shape index (κ2) is 7.98. The van der Waals surface area contributed by atoms with E-state index in [1.807, 2.05) is 0 Å². The van der Waals surface area contributed by atoms with Crippen LogP contribution in [0.25, 0.3) is 5.57 Å². The van der Waals surface area contributed by atoms with Gasteiger partial charge in [-0.05, 0) is 36.3 Å². The van der Waals surface area contributed by atoms with Gasteiger partial charge >= 0.3 is 0 Å². The van der Waals surface area contributed by atoms with Crippen molar-refractivity contribution in [1.29, 1.82) is 0 Å². The number of likely N-dealkylation sites (tertiary alicyclic amines) is 1. The molecular formula is C21H30N2O. The number of allylic oxidation sites excluding steroid dienone is 1. The molecule has 1 aromatic carbocycles. The number of nitrogens with zero attached hydrogens (tertiary/aromatic N) is 1. The average Bonchev–Trinajstić information content (AvgIpc) is 2.80. The molecule has 2 aliphatic rings. The SMILES string of the molecule is CC(C)C/C=C(\CN1C[C@@H]2CCC[C@H](C1)C(=O)N2)c1ccccc1. The van der Waals surface area contributed by atoms with Crippen molar-refractivity contribution in [2.24, 2.45) is 11.8 Å². The van der Waals surface area contributed by atoms with Crippen molar-refractivity contribution in [1.82, 2.24) is 10.2 Å². The van der Waals surface area contributed by atoms with Gasteiger partial charge in [-0.3, -0.25) is 9.69 Å². The number of carbonyl (C=O) groups is 1. The largest absolute Gasteiger partial charge is 0.352 e. The van der Waals surface area contributed by atoms with Gasteiger partial charge in [0.2, 0.25) is 5.91 Å². The van der Waals surface area contributed by atoms with Crippen molar-refractivity contribution in [2.45, 2.75) is 45.6 Å². The Balaban J connectivity index is 1.77. The van der Waals surface area contributed by atoms with Crippen LogP contribution >= 0.6 is 0 Å². The van der Waals surface area contributed by atoms with Gasteiger partial charge in [-0.1, -0.05) is 56.7 Å². The van der Waals surface area contributed by atoms with E-state index in [9.17, 15) is 4.79 Å². The summed E-state index contributed by atoms with van der Waals surface area (Å²) in [6, 6.07) is 11.0. The van der Waals surface area contributed by atoms with Gasteiger partial charge < -0.3 is 5.32 Å². The molecule has 1 aromatic rings. The van der Waals surface area contributed by atoms with Gasteiger partial charge in [-0.15, -0.1) is 0 Å². The molecule has 0 saturated carbocycles. The molecule has 3 rings (SSSR count). The Morgan fingerprint density at radius 2 is 2.04 bits per heavy atom. The number of rotatable bonds is 5. The molecule has 24 heavy (non-hydrogen) atoms. The number of amides is 1. The van der Waals surface area contributed by atoms with Gasteiger partial charge in [-0.25, -0.2) is 0 Å². The Hall–Kier alpha value is -1.61. The summed E-state index contributed by atoms with van der Waals surface area (Å²) in [7, 11) is 0. The standard InChI is InChI=1S/C21H30N2O/c1-16(2)11-12-18(17-7-4-3-5-8-17)13-23-14-19-9-6-10-20(15-23)22-21(19)24/h3-5,7-8,12,16,19-20H,6,9-11,13-15H2,1-2H3,(H,22,24)/b18-12+/t19-,20+/m1/s1. The van der Waals surface area contributed by atoms with Gasteiger partial charge in [0.05, 0.1) is 5.92 Å². The first-order valence-electron chi connectivity index (χ1n) is 9.39. The topological polar surface area (TPSA) is 32.3 Å². The smallest absolute Gasteiger partial charge is 0.224 e. The summed E-state index contributed by atoms with van der Waals surface area (Å²) in [5.74, 6) is 1.10. The second-order valence-corrected chi connectivity index (χ2v) is 7.75. The van der Waals surface area contributed by atoms with Crippen LogP contribution in [0.3, 0.4) is 0 Å². The van der Waals surface area contributed by atoms with Crippen molar-refractivity contribution in [3.8, 4) is 0 Å². The second-order valence-electron chi connectivity index (χ2n) is 7.75. The van der Waals surface area contributed by atoms with Gasteiger partial charge in [-0.2, -0.15) is 0 Å². The predicted octanol–water partition coefficient (Wildman–Crippen LogP) is 3.72. The van der Waals surface area contributed by atoms with Crippen LogP contribution < -0.4 is 5.32 Å². The Bertz CT molecular complexity index is 579. The molecule has 0 radical (unpaired) electrons. The summed E-state index contributed by atoms with van der Waals surface area (Å²) in [6.45, 7) is 7.34. The summed E-state index contributed by atoms with van der Waals surface area (Å²) < 4.78 is 0. The molecule has 2 aliphatic heterocycles. The summed E-state index contributed by atoms with van der Waals surface area (Å²) >= 11 is 0. The van der Waals surface area contributed by atoms with Crippen LogP contribution in [0, 0.1) is 11.8 Å². The van der Waals surface area contributed by atoms with E-state index in [1.165, 1.54) is 17.6 Å². The Morgan fingerprint density at radius 1 is 1.25 bits per heavy atom. The summed E-state index contributed by atoms with van der Waals surface area (Å²) in [4.78, 5) is 14.8. The van der Waals surface area contributed by atoms with Gasteiger partial charge in [0.25, 0.3) is 0 Å². The average molecular weight is 326 g/mol. The molecule has 0 aromatic heterocycles. The van der Waals surface area contributed by atoms with Crippen LogP contribution in [-0.2, 0) is 4.79 Å². The monoisotopic (exact) mass is 326 g/mol. The molecule has 2 bridgehead atoms. The predicted molar refractivity (Wildman–Crippen MR) is 99.6 cm³/mol. The van der Waals surface area contributed by atoms with Crippen LogP contribution in [0.5, 0.6) is 0 Å². The molecule has 0 unspecified atom stereocenters. The highest BCUT2D eigenvalue weighted by Crippen LogP contribution is 2.25. The minimum Gasteiger partial charge on any atom is -0.352 e. The van der Waals surface area contributed by atoms with E-state index < -0.39 is 0 Å². The molecule has 2 heterocycles. The Labute approximate surface area is 146 Å². The third-order valence-electron chi connectivity index (χ3n) is 5.15. The Morgan fingerprint density at radius 3 is 2.79 bits per heavy atom. The van der Waals surface area contributed by atoms with Crippen molar-refractivity contribution in [3.63, 3.8) is 0 Å². The van der Waals surface area contributed by atoms with Crippen LogP contribution in [0.4, 0.5) is 0 Å². The molecule has 0 spiro atoms. The minimum atomic E-state index is 0.166. The molecule has 1 amide bonds. The van der Waals surface area contributed by atoms with Gasteiger partial charge in [0, 0.05) is 25.7 Å². The van der Waals surface area contributed by atoms with Crippen molar-refractivity contribution >= 4 is 11.5 Å². The minimum absolute atomic E-state index is 0.166. The van der Waals surface area contributed by atoms with Crippen LogP contribution in [0.1, 0.15) is 45.1 Å². The fourth-order valence-electron chi connectivity index (χ4n) is 3.82. The van der Waals surface area contributed by atoms with E-state index in [2.05, 4.69) is 60.5 Å². The number of nitrogens with one attached hydrogen (secondary N) is 1. The lowest BCUT2D eigenvalue weighted by Crippen LogP contribution is -2.39. The van der Waals surface area contributed by atoms with E-state index in [0.29, 0.717) is 12.0 Å². The molecule has 130 valence electrons. The molecule has 2 fully saturated rings. The summed E-state index contributed by atoms with van der Waals surface area (Å²) in [5, 5.41) is 3.23. The molecule has 0 aliphatic carbocycles. The molecular weight excluding hydrogens is 296 g/mol. The van der Waals surface area contributed by atoms with Gasteiger partial charge in [0.15, 0.2) is 0 Å². The highest BCUT2D eigenvalue weighted by Gasteiger charge is 2.32. The third-order valence-corrected chi connectivity index (χ3v) is 5.15. The first-order valence-corrected chi connectivity index (χ1v) is 9.39. The summed E-state index contributed by atoms with van der Waals surface area (Å²) in [5.41, 5.74) is 2.71. The highest BCUT2D eigenvalue weighted by molar-refractivity contribution is 5.80. The number of benzene rings is 1. The van der Waals surface area contributed by atoms with Crippen molar-refractivity contribution in [3.05, 3.63) is 42.0 Å². The zero-order valence-electron chi connectivity index (χ0n) is 15.0. The maximum atomic E-state index is 12.3. The van der Waals surface area contributed by atoms with Crippen LogP contribution in [0.2, 0.25) is 0 Å². The molecule has 3 nitrogen and oxygen atoms in total. The number of hydrogen-bond acceptors (Lipinski definition) is 2. The van der Waals surface area contributed by atoms with Crippen molar-refractivity contribution < 1.29 is 4.79 Å². The van der Waals surface area contributed by atoms with Crippen LogP contribution in [-0.4, -0.2) is 36.5 Å². The Kier molecular flexibility index (Phi) is 5.72. The van der Waals surface area contributed by atoms with E-state index in [-0.39, 0.29) is 11.8 Å². The lowest BCUT2D eigenvalue weighted by molar-refractivity contribution is -0.124. The normalized spacial score (nSPS) is 25.5. The molecule has 1 N–H and O–H groups in total. The molecule has 3 heteroatoms. The highest BCUT2D eigenvalue weighted by atomic mass is 16.2. The first kappa shape index (κ1) is 17.2. The zero-order valence-corrected chi connectivity index (χ0v) is 15.0. The quantitative estimate of drug-likeness (QED) is 0.894. The van der Waals surface area contributed by atoms with Crippen LogP contribution in [0.15, 0.2) is 36.4 Å². The van der Waals surface area contributed by atoms with E-state index in [0.717, 1.165) is 38.9 Å². The first-order chi connectivity index (χ1) is 11.6. The van der Waals surface area contributed by atoms with E-state index in [4.69, 9.17) is 0 Å². The fraction of sp³-hybridized carbons (Fsp3) is 0.571. The van der Waals surface area contributed by atoms with E-state index in [1.54, 1.807) is 0 Å². The van der Waals surface area contributed by atoms with Crippen molar-refractivity contribution in [2.75, 3.05) is 19.6 Å². The zero-order chi connectivity index (χ0) is 16.9. The lowest BCUT2D eigenvalue weighted by Gasteiger charge is -2.28. The summed E-state index contributed by atoms with van der Waals surface area (Å²) in [6.07, 6.45) is 6.83. The number of hydrogen-bond donors (Lipinski definition) is 1. The van der Waals surface area contributed by atoms with Gasteiger partial charge in [0.1, 0.15) is 0 Å².